The lowest BCUT2D eigenvalue weighted by Crippen LogP contribution is -2.16. The second-order valence-corrected chi connectivity index (χ2v) is 5.99. The van der Waals surface area contributed by atoms with Crippen molar-refractivity contribution in [3.8, 4) is 0 Å². The average molecular weight is 328 g/mol. The number of benzene rings is 1. The van der Waals surface area contributed by atoms with Crippen LogP contribution in [0, 0.1) is 0 Å². The highest BCUT2D eigenvalue weighted by Crippen LogP contribution is 2.28. The number of nitrogens with two attached hydrogens (primary N) is 1. The molecule has 0 radical (unpaired) electrons. The van der Waals surface area contributed by atoms with Gasteiger partial charge in [0.15, 0.2) is 5.82 Å². The summed E-state index contributed by atoms with van der Waals surface area (Å²) < 4.78 is 1.74. The number of halogens is 2. The van der Waals surface area contributed by atoms with Crippen LogP contribution in [0.2, 0.25) is 10.0 Å². The molecule has 2 heterocycles. The molecule has 0 atom stereocenters. The first kappa shape index (κ1) is 13.9. The zero-order valence-electron chi connectivity index (χ0n) is 10.4. The second kappa shape index (κ2) is 5.73. The fraction of sp³-hybridized carbons (Fsp3) is 0.250. The molecule has 1 aromatic carbocycles. The standard InChI is InChI=1S/C12H11Cl2N5S/c13-7-1-2-8(9(14)5-7)10-6-20-12-17-16-11(3-4-15)19(12)18-10/h1-2,5H,3-4,6,15H2. The van der Waals surface area contributed by atoms with Gasteiger partial charge in [-0.05, 0) is 18.7 Å². The topological polar surface area (TPSA) is 69.1 Å². The molecule has 0 bridgehead atoms. The normalized spacial score (nSPS) is 14.1. The second-order valence-electron chi connectivity index (χ2n) is 4.21. The van der Waals surface area contributed by atoms with Gasteiger partial charge in [-0.1, -0.05) is 41.0 Å². The molecule has 2 N–H and O–H groups in total. The SMILES string of the molecule is NCCc1nnc2n1N=C(c1ccc(Cl)cc1Cl)CS2. The minimum Gasteiger partial charge on any atom is -0.330 e. The Kier molecular flexibility index (Phi) is 3.98. The average Bonchev–Trinajstić information content (AvgIpc) is 2.82. The summed E-state index contributed by atoms with van der Waals surface area (Å²) in [5.74, 6) is 1.46. The number of nitrogens with zero attached hydrogens (tertiary/aromatic N) is 4. The molecule has 1 aromatic heterocycles. The lowest BCUT2D eigenvalue weighted by atomic mass is 10.1. The molecule has 3 rings (SSSR count). The van der Waals surface area contributed by atoms with Crippen LogP contribution in [0.25, 0.3) is 0 Å². The van der Waals surface area contributed by atoms with Gasteiger partial charge in [-0.15, -0.1) is 10.2 Å². The summed E-state index contributed by atoms with van der Waals surface area (Å²) in [6.45, 7) is 0.509. The maximum absolute atomic E-state index is 6.23. The molecule has 0 fully saturated rings. The van der Waals surface area contributed by atoms with Crippen molar-refractivity contribution < 1.29 is 0 Å². The van der Waals surface area contributed by atoms with Crippen LogP contribution in [0.4, 0.5) is 0 Å². The van der Waals surface area contributed by atoms with Crippen molar-refractivity contribution in [1.82, 2.24) is 14.9 Å². The van der Waals surface area contributed by atoms with Gasteiger partial charge in [0.05, 0.1) is 10.7 Å². The predicted octanol–water partition coefficient (Wildman–Crippen LogP) is 2.44. The molecular formula is C12H11Cl2N5S. The van der Waals surface area contributed by atoms with Gasteiger partial charge in [0, 0.05) is 22.8 Å². The van der Waals surface area contributed by atoms with Crippen molar-refractivity contribution in [2.24, 2.45) is 10.8 Å². The Bertz CT molecular complexity index is 682. The monoisotopic (exact) mass is 327 g/mol. The number of fused-ring (bicyclic) bond motifs is 1. The maximum Gasteiger partial charge on any atom is 0.212 e. The van der Waals surface area contributed by atoms with E-state index in [0.29, 0.717) is 28.8 Å². The third kappa shape index (κ3) is 2.56. The van der Waals surface area contributed by atoms with Crippen molar-refractivity contribution in [1.29, 1.82) is 0 Å². The highest BCUT2D eigenvalue weighted by molar-refractivity contribution is 7.99. The third-order valence-electron chi connectivity index (χ3n) is 2.85. The molecule has 0 amide bonds. The van der Waals surface area contributed by atoms with Crippen LogP contribution in [0.5, 0.6) is 0 Å². The van der Waals surface area contributed by atoms with E-state index in [4.69, 9.17) is 28.9 Å². The summed E-state index contributed by atoms with van der Waals surface area (Å²) in [7, 11) is 0. The lowest BCUT2D eigenvalue weighted by molar-refractivity contribution is 0.702. The van der Waals surface area contributed by atoms with Gasteiger partial charge in [-0.2, -0.15) is 9.78 Å². The Hall–Kier alpha value is -1.08. The Morgan fingerprint density at radius 2 is 2.15 bits per heavy atom. The highest BCUT2D eigenvalue weighted by Gasteiger charge is 2.20. The molecule has 0 saturated heterocycles. The number of aromatic nitrogens is 3. The summed E-state index contributed by atoms with van der Waals surface area (Å²) in [5, 5.41) is 14.8. The molecule has 0 spiro atoms. The molecule has 0 aliphatic carbocycles. The third-order valence-corrected chi connectivity index (χ3v) is 4.32. The van der Waals surface area contributed by atoms with E-state index < -0.39 is 0 Å². The van der Waals surface area contributed by atoms with E-state index in [2.05, 4.69) is 15.3 Å². The van der Waals surface area contributed by atoms with Crippen molar-refractivity contribution >= 4 is 40.7 Å². The van der Waals surface area contributed by atoms with Gasteiger partial charge in [0.1, 0.15) is 0 Å². The molecule has 0 saturated carbocycles. The van der Waals surface area contributed by atoms with E-state index in [0.717, 1.165) is 22.3 Å². The van der Waals surface area contributed by atoms with Crippen LogP contribution < -0.4 is 5.73 Å². The number of hydrogen-bond donors (Lipinski definition) is 1. The highest BCUT2D eigenvalue weighted by atomic mass is 35.5. The summed E-state index contributed by atoms with van der Waals surface area (Å²) >= 11 is 13.7. The van der Waals surface area contributed by atoms with Gasteiger partial charge in [0.2, 0.25) is 5.16 Å². The molecule has 2 aromatic rings. The van der Waals surface area contributed by atoms with Gasteiger partial charge >= 0.3 is 0 Å². The Morgan fingerprint density at radius 3 is 2.90 bits per heavy atom. The number of thioether (sulfide) groups is 1. The molecule has 8 heteroatoms. The quantitative estimate of drug-likeness (QED) is 0.940. The number of rotatable bonds is 3. The zero-order valence-corrected chi connectivity index (χ0v) is 12.7. The van der Waals surface area contributed by atoms with Crippen molar-refractivity contribution in [3.63, 3.8) is 0 Å². The van der Waals surface area contributed by atoms with Gasteiger partial charge in [-0.3, -0.25) is 0 Å². The molecule has 5 nitrogen and oxygen atoms in total. The molecule has 1 aliphatic rings. The van der Waals surface area contributed by atoms with Crippen molar-refractivity contribution in [2.45, 2.75) is 11.6 Å². The van der Waals surface area contributed by atoms with Crippen LogP contribution in [0.1, 0.15) is 11.4 Å². The fourth-order valence-corrected chi connectivity index (χ4v) is 3.27. The minimum absolute atomic E-state index is 0.509. The van der Waals surface area contributed by atoms with Crippen molar-refractivity contribution in [3.05, 3.63) is 39.6 Å². The first-order chi connectivity index (χ1) is 9.69. The fourth-order valence-electron chi connectivity index (χ4n) is 1.91. The summed E-state index contributed by atoms with van der Waals surface area (Å²) in [5.41, 5.74) is 7.32. The minimum atomic E-state index is 0.509. The summed E-state index contributed by atoms with van der Waals surface area (Å²) in [6.07, 6.45) is 0.638. The Balaban J connectivity index is 2.03. The smallest absolute Gasteiger partial charge is 0.212 e. The van der Waals surface area contributed by atoms with Crippen LogP contribution in [-0.4, -0.2) is 32.9 Å². The number of hydrogen-bond acceptors (Lipinski definition) is 5. The van der Waals surface area contributed by atoms with Crippen LogP contribution in [-0.2, 0) is 6.42 Å². The van der Waals surface area contributed by atoms with E-state index in [1.54, 1.807) is 28.6 Å². The molecule has 1 aliphatic heterocycles. The molecule has 104 valence electrons. The molecular weight excluding hydrogens is 317 g/mol. The van der Waals surface area contributed by atoms with Gasteiger partial charge < -0.3 is 5.73 Å². The Labute approximate surface area is 130 Å². The van der Waals surface area contributed by atoms with Crippen LogP contribution in [0.15, 0.2) is 28.5 Å². The summed E-state index contributed by atoms with van der Waals surface area (Å²) in [4.78, 5) is 0. The van der Waals surface area contributed by atoms with E-state index in [1.165, 1.54) is 0 Å². The zero-order chi connectivity index (χ0) is 14.1. The molecule has 0 unspecified atom stereocenters. The van der Waals surface area contributed by atoms with Crippen molar-refractivity contribution in [2.75, 3.05) is 12.3 Å². The molecule has 20 heavy (non-hydrogen) atoms. The maximum atomic E-state index is 6.23. The predicted molar refractivity (Wildman–Crippen MR) is 81.9 cm³/mol. The van der Waals surface area contributed by atoms with Crippen LogP contribution in [0.3, 0.4) is 0 Å². The van der Waals surface area contributed by atoms with E-state index in [-0.39, 0.29) is 0 Å². The van der Waals surface area contributed by atoms with Gasteiger partial charge in [0.25, 0.3) is 0 Å². The van der Waals surface area contributed by atoms with Crippen LogP contribution >= 0.6 is 35.0 Å². The van der Waals surface area contributed by atoms with Gasteiger partial charge in [-0.25, -0.2) is 0 Å². The van der Waals surface area contributed by atoms with E-state index in [9.17, 15) is 0 Å². The first-order valence-corrected chi connectivity index (χ1v) is 7.73. The van der Waals surface area contributed by atoms with E-state index >= 15 is 0 Å². The summed E-state index contributed by atoms with van der Waals surface area (Å²) in [6, 6.07) is 5.40. The lowest BCUT2D eigenvalue weighted by Gasteiger charge is -2.14. The first-order valence-electron chi connectivity index (χ1n) is 5.99. The Morgan fingerprint density at radius 1 is 1.30 bits per heavy atom. The largest absolute Gasteiger partial charge is 0.330 e. The van der Waals surface area contributed by atoms with E-state index in [1.807, 2.05) is 6.07 Å².